The molecule has 1 aromatic carbocycles. The van der Waals surface area contributed by atoms with Gasteiger partial charge in [-0.1, -0.05) is 26.0 Å². The van der Waals surface area contributed by atoms with Gasteiger partial charge < -0.3 is 9.64 Å². The van der Waals surface area contributed by atoms with Gasteiger partial charge in [0, 0.05) is 31.9 Å². The molecule has 0 aliphatic rings. The molecule has 0 radical (unpaired) electrons. The largest absolute Gasteiger partial charge is 0.380 e. The molecule has 6 nitrogen and oxygen atoms in total. The number of rotatable bonds is 12. The predicted molar refractivity (Wildman–Crippen MR) is 106 cm³/mol. The molecule has 0 fully saturated rings. The van der Waals surface area contributed by atoms with Crippen molar-refractivity contribution in [2.24, 2.45) is 0 Å². The van der Waals surface area contributed by atoms with Crippen molar-refractivity contribution in [1.29, 1.82) is 5.26 Å². The molecule has 0 aliphatic carbocycles. The highest BCUT2D eigenvalue weighted by atomic mass is 32.2. The van der Waals surface area contributed by atoms with Gasteiger partial charge in [-0.25, -0.2) is 13.1 Å². The van der Waals surface area contributed by atoms with Crippen molar-refractivity contribution < 1.29 is 13.2 Å². The summed E-state index contributed by atoms with van der Waals surface area (Å²) in [5.41, 5.74) is 1.77. The second-order valence-electron chi connectivity index (χ2n) is 5.79. The summed E-state index contributed by atoms with van der Waals surface area (Å²) in [6.45, 7) is 8.99. The van der Waals surface area contributed by atoms with E-state index in [2.05, 4.69) is 23.5 Å². The van der Waals surface area contributed by atoms with Crippen LogP contribution in [0.2, 0.25) is 0 Å². The quantitative estimate of drug-likeness (QED) is 0.446. The van der Waals surface area contributed by atoms with Gasteiger partial charge in [-0.3, -0.25) is 0 Å². The summed E-state index contributed by atoms with van der Waals surface area (Å²) in [6.07, 6.45) is 3.51. The van der Waals surface area contributed by atoms with Crippen LogP contribution in [0.25, 0.3) is 6.08 Å². The summed E-state index contributed by atoms with van der Waals surface area (Å²) in [4.78, 5) is 1.99. The van der Waals surface area contributed by atoms with Crippen LogP contribution in [0.1, 0.15) is 39.2 Å². The van der Waals surface area contributed by atoms with E-state index in [9.17, 15) is 13.7 Å². The Kier molecular flexibility index (Phi) is 9.96. The van der Waals surface area contributed by atoms with Gasteiger partial charge in [-0.05, 0) is 43.5 Å². The average Bonchev–Trinajstić information content (AvgIpc) is 2.63. The molecule has 1 N–H and O–H groups in total. The summed E-state index contributed by atoms with van der Waals surface area (Å²) in [5.74, 6) is 0. The third-order valence-electron chi connectivity index (χ3n) is 3.69. The minimum absolute atomic E-state index is 0.136. The number of ether oxygens (including phenoxy) is 1. The number of sulfonamides is 1. The Hall–Kier alpha value is -1.88. The van der Waals surface area contributed by atoms with E-state index in [1.54, 1.807) is 6.07 Å². The minimum Gasteiger partial charge on any atom is -0.380 e. The molecule has 26 heavy (non-hydrogen) atoms. The third-order valence-corrected chi connectivity index (χ3v) is 5.06. The molecule has 0 amide bonds. The fourth-order valence-corrected chi connectivity index (χ4v) is 3.40. The second-order valence-corrected chi connectivity index (χ2v) is 7.53. The van der Waals surface area contributed by atoms with Crippen molar-refractivity contribution in [2.75, 3.05) is 37.7 Å². The van der Waals surface area contributed by atoms with Crippen LogP contribution in [0.3, 0.4) is 0 Å². The van der Waals surface area contributed by atoms with Crippen LogP contribution < -0.4 is 9.62 Å². The van der Waals surface area contributed by atoms with Gasteiger partial charge in [-0.15, -0.1) is 0 Å². The Labute approximate surface area is 157 Å². The van der Waals surface area contributed by atoms with Crippen molar-refractivity contribution in [3.05, 3.63) is 34.7 Å². The monoisotopic (exact) mass is 379 g/mol. The van der Waals surface area contributed by atoms with Crippen molar-refractivity contribution in [3.63, 3.8) is 0 Å². The zero-order chi connectivity index (χ0) is 19.4. The van der Waals surface area contributed by atoms with E-state index >= 15 is 0 Å². The van der Waals surface area contributed by atoms with Crippen molar-refractivity contribution in [3.8, 4) is 6.07 Å². The summed E-state index contributed by atoms with van der Waals surface area (Å²) in [7, 11) is -3.84. The standard InChI is InChI=1S/C19H29N3O3S/c1-4-12-22(13-5-2)18-9-7-17(8-10-18)15-19(16-20)26(23,24)21-11-14-25-6-3/h7-10,15,21H,4-6,11-14H2,1-3H3/b19-15+. The molecule has 1 rings (SSSR count). The normalized spacial score (nSPS) is 12.0. The van der Waals surface area contributed by atoms with Crippen molar-refractivity contribution >= 4 is 21.8 Å². The lowest BCUT2D eigenvalue weighted by Crippen LogP contribution is -2.28. The van der Waals surface area contributed by atoms with E-state index in [-0.39, 0.29) is 18.1 Å². The van der Waals surface area contributed by atoms with Gasteiger partial charge in [0.2, 0.25) is 0 Å². The molecule has 0 atom stereocenters. The van der Waals surface area contributed by atoms with Crippen LogP contribution in [0.15, 0.2) is 29.2 Å². The number of benzene rings is 1. The highest BCUT2D eigenvalue weighted by Crippen LogP contribution is 2.18. The Balaban J connectivity index is 2.90. The van der Waals surface area contributed by atoms with Crippen LogP contribution in [0, 0.1) is 11.3 Å². The lowest BCUT2D eigenvalue weighted by atomic mass is 10.1. The van der Waals surface area contributed by atoms with E-state index in [4.69, 9.17) is 4.74 Å². The van der Waals surface area contributed by atoms with Gasteiger partial charge in [0.1, 0.15) is 6.07 Å². The first kappa shape index (κ1) is 22.2. The molecule has 144 valence electrons. The number of nitriles is 1. The first-order valence-electron chi connectivity index (χ1n) is 9.02. The van der Waals surface area contributed by atoms with Crippen LogP contribution in [0.5, 0.6) is 0 Å². The average molecular weight is 380 g/mol. The van der Waals surface area contributed by atoms with E-state index in [1.165, 1.54) is 6.08 Å². The van der Waals surface area contributed by atoms with E-state index in [0.717, 1.165) is 31.6 Å². The fourth-order valence-electron chi connectivity index (χ4n) is 2.48. The number of allylic oxidation sites excluding steroid dienone is 1. The number of hydrogen-bond acceptors (Lipinski definition) is 5. The first-order valence-corrected chi connectivity index (χ1v) is 10.5. The van der Waals surface area contributed by atoms with E-state index in [1.807, 2.05) is 31.2 Å². The van der Waals surface area contributed by atoms with Crippen LogP contribution in [0.4, 0.5) is 5.69 Å². The van der Waals surface area contributed by atoms with Crippen molar-refractivity contribution in [1.82, 2.24) is 4.72 Å². The lowest BCUT2D eigenvalue weighted by molar-refractivity contribution is 0.153. The zero-order valence-electron chi connectivity index (χ0n) is 15.9. The predicted octanol–water partition coefficient (Wildman–Crippen LogP) is 3.13. The highest BCUT2D eigenvalue weighted by Gasteiger charge is 2.17. The molecule has 7 heteroatoms. The topological polar surface area (TPSA) is 82.4 Å². The first-order chi connectivity index (χ1) is 12.5. The van der Waals surface area contributed by atoms with Crippen LogP contribution in [-0.4, -0.2) is 41.3 Å². The van der Waals surface area contributed by atoms with Gasteiger partial charge >= 0.3 is 0 Å². The number of anilines is 1. The molecule has 0 saturated carbocycles. The summed E-state index contributed by atoms with van der Waals surface area (Å²) >= 11 is 0. The summed E-state index contributed by atoms with van der Waals surface area (Å²) in [5, 5.41) is 9.23. The van der Waals surface area contributed by atoms with Crippen molar-refractivity contribution in [2.45, 2.75) is 33.6 Å². The molecule has 0 bridgehead atoms. The van der Waals surface area contributed by atoms with E-state index in [0.29, 0.717) is 12.2 Å². The molecule has 0 aromatic heterocycles. The maximum atomic E-state index is 12.2. The van der Waals surface area contributed by atoms with Gasteiger partial charge in [0.05, 0.1) is 6.61 Å². The van der Waals surface area contributed by atoms with E-state index < -0.39 is 10.0 Å². The minimum atomic E-state index is -3.84. The Morgan fingerprint density at radius 1 is 1.19 bits per heavy atom. The van der Waals surface area contributed by atoms with Crippen LogP contribution >= 0.6 is 0 Å². The molecule has 1 aromatic rings. The smallest absolute Gasteiger partial charge is 0.250 e. The molecule has 0 unspecified atom stereocenters. The van der Waals surface area contributed by atoms with Crippen LogP contribution in [-0.2, 0) is 14.8 Å². The molecule has 0 aliphatic heterocycles. The number of nitrogens with one attached hydrogen (secondary N) is 1. The molecule has 0 saturated heterocycles. The Morgan fingerprint density at radius 2 is 1.81 bits per heavy atom. The Bertz CT molecular complexity index is 701. The second kappa shape index (κ2) is 11.7. The van der Waals surface area contributed by atoms with Gasteiger partial charge in [0.25, 0.3) is 10.0 Å². The van der Waals surface area contributed by atoms with Gasteiger partial charge in [0.15, 0.2) is 4.91 Å². The molecule has 0 spiro atoms. The maximum Gasteiger partial charge on any atom is 0.250 e. The lowest BCUT2D eigenvalue weighted by Gasteiger charge is -2.23. The molecular formula is C19H29N3O3S. The zero-order valence-corrected chi connectivity index (χ0v) is 16.7. The number of hydrogen-bond donors (Lipinski definition) is 1. The molecule has 0 heterocycles. The SMILES string of the molecule is CCCN(CCC)c1ccc(/C=C(\C#N)S(=O)(=O)NCCOCC)cc1. The van der Waals surface area contributed by atoms with Gasteiger partial charge in [-0.2, -0.15) is 5.26 Å². The summed E-state index contributed by atoms with van der Waals surface area (Å²) in [6, 6.07) is 9.36. The fraction of sp³-hybridized carbons (Fsp3) is 0.526. The summed E-state index contributed by atoms with van der Waals surface area (Å²) < 4.78 is 31.9. The highest BCUT2D eigenvalue weighted by molar-refractivity contribution is 7.93. The number of nitrogens with zero attached hydrogens (tertiary/aromatic N) is 2. The molecular weight excluding hydrogens is 350 g/mol. The maximum absolute atomic E-state index is 12.2. The Morgan fingerprint density at radius 3 is 2.31 bits per heavy atom. The third kappa shape index (κ3) is 7.16.